The summed E-state index contributed by atoms with van der Waals surface area (Å²) in [6.07, 6.45) is 7.66. The first-order valence-corrected chi connectivity index (χ1v) is 7.02. The Hall–Kier alpha value is -1.57. The molecule has 0 saturated carbocycles. The molecule has 1 aliphatic carbocycles. The van der Waals surface area contributed by atoms with Crippen molar-refractivity contribution in [1.82, 2.24) is 0 Å². The lowest BCUT2D eigenvalue weighted by Crippen LogP contribution is -2.06. The normalized spacial score (nSPS) is 15.6. The number of hydrogen-bond acceptors (Lipinski definition) is 2. The smallest absolute Gasteiger partial charge is 0.188 e. The van der Waals surface area contributed by atoms with Gasteiger partial charge in [0.2, 0.25) is 0 Å². The molecule has 0 atom stereocenters. The first-order chi connectivity index (χ1) is 9.13. The second kappa shape index (κ2) is 6.05. The first kappa shape index (κ1) is 13.9. The van der Waals surface area contributed by atoms with Crippen LogP contribution in [0.4, 0.5) is 0 Å². The molecule has 2 rings (SSSR count). The van der Waals surface area contributed by atoms with Gasteiger partial charge in [0, 0.05) is 5.56 Å². The van der Waals surface area contributed by atoms with Crippen molar-refractivity contribution in [3.63, 3.8) is 0 Å². The zero-order chi connectivity index (χ0) is 13.8. The summed E-state index contributed by atoms with van der Waals surface area (Å²) in [5.41, 5.74) is 3.83. The topological polar surface area (TPSA) is 26.3 Å². The molecule has 0 amide bonds. The van der Waals surface area contributed by atoms with E-state index in [9.17, 15) is 4.79 Å². The van der Waals surface area contributed by atoms with Crippen LogP contribution < -0.4 is 4.74 Å². The van der Waals surface area contributed by atoms with E-state index in [0.29, 0.717) is 0 Å². The van der Waals surface area contributed by atoms with Gasteiger partial charge in [-0.15, -0.1) is 0 Å². The second-order valence-corrected chi connectivity index (χ2v) is 5.29. The number of hydrogen-bond donors (Lipinski definition) is 0. The van der Waals surface area contributed by atoms with Gasteiger partial charge >= 0.3 is 0 Å². The molecule has 2 heteroatoms. The third-order valence-electron chi connectivity index (χ3n) is 3.82. The van der Waals surface area contributed by atoms with Gasteiger partial charge in [0.15, 0.2) is 5.78 Å². The van der Waals surface area contributed by atoms with Crippen molar-refractivity contribution < 1.29 is 9.53 Å². The molecular weight excluding hydrogens is 236 g/mol. The van der Waals surface area contributed by atoms with Gasteiger partial charge in [-0.05, 0) is 68.4 Å². The predicted molar refractivity (Wildman–Crippen MR) is 78.0 cm³/mol. The Morgan fingerprint density at radius 2 is 1.89 bits per heavy atom. The monoisotopic (exact) mass is 258 g/mol. The summed E-state index contributed by atoms with van der Waals surface area (Å²) >= 11 is 0. The Kier molecular flexibility index (Phi) is 4.41. The summed E-state index contributed by atoms with van der Waals surface area (Å²) in [5.74, 6) is 1.05. The van der Waals surface area contributed by atoms with Crippen LogP contribution >= 0.6 is 0 Å². The van der Waals surface area contributed by atoms with E-state index in [1.807, 2.05) is 26.0 Å². The SMILES string of the molecule is COc1cc(C)c(C(=O)C2=CCCCCC2)cc1C. The fourth-order valence-electron chi connectivity index (χ4n) is 2.65. The third kappa shape index (κ3) is 3.06. The number of carbonyl (C=O) groups is 1. The van der Waals surface area contributed by atoms with Crippen molar-refractivity contribution in [2.75, 3.05) is 7.11 Å². The van der Waals surface area contributed by atoms with Crippen molar-refractivity contribution in [2.45, 2.75) is 46.0 Å². The number of rotatable bonds is 3. The molecular formula is C17H22O2. The van der Waals surface area contributed by atoms with Gasteiger partial charge in [0.25, 0.3) is 0 Å². The van der Waals surface area contributed by atoms with Gasteiger partial charge in [-0.1, -0.05) is 12.5 Å². The highest BCUT2D eigenvalue weighted by Gasteiger charge is 2.17. The van der Waals surface area contributed by atoms with Gasteiger partial charge in [0.1, 0.15) is 5.75 Å². The molecule has 2 nitrogen and oxygen atoms in total. The summed E-state index contributed by atoms with van der Waals surface area (Å²) < 4.78 is 5.30. The molecule has 0 aromatic heterocycles. The molecule has 0 radical (unpaired) electrons. The molecule has 102 valence electrons. The van der Waals surface area contributed by atoms with E-state index in [1.54, 1.807) is 7.11 Å². The average Bonchev–Trinajstić information content (AvgIpc) is 2.69. The van der Waals surface area contributed by atoms with Gasteiger partial charge in [-0.2, -0.15) is 0 Å². The number of aryl methyl sites for hydroxylation is 2. The molecule has 0 unspecified atom stereocenters. The van der Waals surface area contributed by atoms with Crippen molar-refractivity contribution in [3.05, 3.63) is 40.5 Å². The van der Waals surface area contributed by atoms with E-state index in [-0.39, 0.29) is 5.78 Å². The zero-order valence-corrected chi connectivity index (χ0v) is 12.1. The third-order valence-corrected chi connectivity index (χ3v) is 3.82. The molecule has 1 aromatic carbocycles. The molecule has 19 heavy (non-hydrogen) atoms. The molecule has 0 N–H and O–H groups in total. The largest absolute Gasteiger partial charge is 0.496 e. The second-order valence-electron chi connectivity index (χ2n) is 5.29. The van der Waals surface area contributed by atoms with E-state index in [4.69, 9.17) is 4.74 Å². The van der Waals surface area contributed by atoms with Crippen LogP contribution in [0.5, 0.6) is 5.75 Å². The molecule has 0 bridgehead atoms. The zero-order valence-electron chi connectivity index (χ0n) is 12.1. The van der Waals surface area contributed by atoms with Crippen LogP contribution in [-0.4, -0.2) is 12.9 Å². The Balaban J connectivity index is 2.33. The van der Waals surface area contributed by atoms with Crippen molar-refractivity contribution in [3.8, 4) is 5.75 Å². The summed E-state index contributed by atoms with van der Waals surface area (Å²) in [6, 6.07) is 3.92. The van der Waals surface area contributed by atoms with Crippen LogP contribution in [-0.2, 0) is 0 Å². The van der Waals surface area contributed by atoms with E-state index in [0.717, 1.165) is 47.3 Å². The number of carbonyl (C=O) groups excluding carboxylic acids is 1. The predicted octanol–water partition coefficient (Wildman–Crippen LogP) is 4.39. The van der Waals surface area contributed by atoms with E-state index < -0.39 is 0 Å². The first-order valence-electron chi connectivity index (χ1n) is 7.02. The Labute approximate surface area is 115 Å². The molecule has 1 aliphatic rings. The number of methoxy groups -OCH3 is 1. The average molecular weight is 258 g/mol. The van der Waals surface area contributed by atoms with Crippen LogP contribution in [0.3, 0.4) is 0 Å². The maximum Gasteiger partial charge on any atom is 0.188 e. The minimum absolute atomic E-state index is 0.199. The van der Waals surface area contributed by atoms with Crippen LogP contribution in [0.25, 0.3) is 0 Å². The molecule has 0 fully saturated rings. The lowest BCUT2D eigenvalue weighted by molar-refractivity contribution is 0.102. The number of allylic oxidation sites excluding steroid dienone is 2. The van der Waals surface area contributed by atoms with Crippen molar-refractivity contribution in [1.29, 1.82) is 0 Å². The van der Waals surface area contributed by atoms with E-state index in [2.05, 4.69) is 6.08 Å². The Bertz CT molecular complexity index is 512. The quantitative estimate of drug-likeness (QED) is 0.752. The lowest BCUT2D eigenvalue weighted by atomic mass is 9.94. The number of ketones is 1. The summed E-state index contributed by atoms with van der Waals surface area (Å²) in [7, 11) is 1.66. The van der Waals surface area contributed by atoms with Crippen molar-refractivity contribution in [2.24, 2.45) is 0 Å². The molecule has 0 saturated heterocycles. The van der Waals surface area contributed by atoms with Crippen LogP contribution in [0.2, 0.25) is 0 Å². The maximum atomic E-state index is 12.6. The summed E-state index contributed by atoms with van der Waals surface area (Å²) in [4.78, 5) is 12.6. The van der Waals surface area contributed by atoms with Crippen LogP contribution in [0.1, 0.15) is 53.6 Å². The maximum absolute atomic E-state index is 12.6. The van der Waals surface area contributed by atoms with Crippen LogP contribution in [0, 0.1) is 13.8 Å². The molecule has 0 heterocycles. The van der Waals surface area contributed by atoms with Gasteiger partial charge in [0.05, 0.1) is 7.11 Å². The van der Waals surface area contributed by atoms with Crippen molar-refractivity contribution >= 4 is 5.78 Å². The van der Waals surface area contributed by atoms with Gasteiger partial charge in [-0.3, -0.25) is 4.79 Å². The van der Waals surface area contributed by atoms with Crippen LogP contribution in [0.15, 0.2) is 23.8 Å². The number of ether oxygens (including phenoxy) is 1. The Morgan fingerprint density at radius 3 is 2.63 bits per heavy atom. The highest BCUT2D eigenvalue weighted by atomic mass is 16.5. The fraction of sp³-hybridized carbons (Fsp3) is 0.471. The highest BCUT2D eigenvalue weighted by Crippen LogP contribution is 2.27. The van der Waals surface area contributed by atoms with E-state index in [1.165, 1.54) is 12.8 Å². The standard InChI is InChI=1S/C17H22O2/c1-12-11-16(19-3)13(2)10-15(12)17(18)14-8-6-4-5-7-9-14/h8,10-11H,4-7,9H2,1-3H3. The minimum atomic E-state index is 0.199. The van der Waals surface area contributed by atoms with E-state index >= 15 is 0 Å². The lowest BCUT2D eigenvalue weighted by Gasteiger charge is -2.12. The minimum Gasteiger partial charge on any atom is -0.496 e. The van der Waals surface area contributed by atoms with Gasteiger partial charge in [-0.25, -0.2) is 0 Å². The molecule has 0 aliphatic heterocycles. The number of benzene rings is 1. The highest BCUT2D eigenvalue weighted by molar-refractivity contribution is 6.09. The fourth-order valence-corrected chi connectivity index (χ4v) is 2.65. The molecule has 0 spiro atoms. The summed E-state index contributed by atoms with van der Waals surface area (Å²) in [6.45, 7) is 3.96. The number of Topliss-reactive ketones (excluding diaryl/α,β-unsaturated/α-hetero) is 1. The van der Waals surface area contributed by atoms with Gasteiger partial charge < -0.3 is 4.74 Å². The Morgan fingerprint density at radius 1 is 1.11 bits per heavy atom. The molecule has 1 aromatic rings. The summed E-state index contributed by atoms with van der Waals surface area (Å²) in [5, 5.41) is 0.